The normalized spacial score (nSPS) is 16.6. The molecule has 1 aromatic rings. The highest BCUT2D eigenvalue weighted by Gasteiger charge is 2.13. The number of aromatic nitrogens is 2. The maximum absolute atomic E-state index is 4.88. The maximum atomic E-state index is 4.88. The number of rotatable bonds is 1. The first-order valence-corrected chi connectivity index (χ1v) is 2.59. The highest BCUT2D eigenvalue weighted by atomic mass is 16.7. The van der Waals surface area contributed by atoms with Gasteiger partial charge in [0.2, 0.25) is 6.34 Å². The van der Waals surface area contributed by atoms with Gasteiger partial charge < -0.3 is 4.52 Å². The third-order valence-corrected chi connectivity index (χ3v) is 0.963. The molecule has 1 aliphatic heterocycles. The van der Waals surface area contributed by atoms with Crippen molar-refractivity contribution in [2.24, 2.45) is 4.99 Å². The van der Waals surface area contributed by atoms with Gasteiger partial charge in [-0.25, -0.2) is 9.83 Å². The van der Waals surface area contributed by atoms with Crippen LogP contribution >= 0.6 is 0 Å². The summed E-state index contributed by atoms with van der Waals surface area (Å²) in [6.45, 7) is 0.265. The molecule has 1 aliphatic rings. The molecule has 6 heteroatoms. The molecule has 0 spiro atoms. The molecule has 0 atom stereocenters. The molecule has 1 aromatic heterocycles. The predicted molar refractivity (Wildman–Crippen MR) is 30.2 cm³/mol. The summed E-state index contributed by atoms with van der Waals surface area (Å²) in [4.78, 5) is 8.54. The van der Waals surface area contributed by atoms with E-state index < -0.39 is 0 Å². The van der Waals surface area contributed by atoms with E-state index in [-0.39, 0.29) is 6.73 Å². The van der Waals surface area contributed by atoms with Crippen molar-refractivity contribution in [3.63, 3.8) is 0 Å². The van der Waals surface area contributed by atoms with Crippen molar-refractivity contribution in [3.8, 4) is 0 Å². The molecule has 0 amide bonds. The first-order chi connectivity index (χ1) is 4.97. The number of hydrogen-bond acceptors (Lipinski definition) is 6. The molecule has 0 fully saturated rings. The van der Waals surface area contributed by atoms with Crippen LogP contribution in [0.2, 0.25) is 0 Å². The standard InChI is InChI=1S/C4H3N4O2/c1-4(10-7-6-1)8-2-5-3-9-8/h1H,3H2. The van der Waals surface area contributed by atoms with Crippen molar-refractivity contribution >= 4 is 12.2 Å². The molecule has 0 saturated carbocycles. The number of hydrogen-bond donors (Lipinski definition) is 0. The Kier molecular flexibility index (Phi) is 1.11. The first kappa shape index (κ1) is 5.36. The molecule has 6 nitrogen and oxygen atoms in total. The molecule has 51 valence electrons. The Balaban J connectivity index is 2.20. The van der Waals surface area contributed by atoms with Gasteiger partial charge in [-0.1, -0.05) is 0 Å². The van der Waals surface area contributed by atoms with Crippen LogP contribution in [0, 0.1) is 0 Å². The summed E-state index contributed by atoms with van der Waals surface area (Å²) in [5, 5.41) is 7.92. The van der Waals surface area contributed by atoms with Crippen LogP contribution in [0.3, 0.4) is 0 Å². The lowest BCUT2D eigenvalue weighted by Crippen LogP contribution is -2.14. The third kappa shape index (κ3) is 0.742. The second kappa shape index (κ2) is 2.07. The molecular formula is C4H3N4O2. The van der Waals surface area contributed by atoms with Gasteiger partial charge in [-0.2, -0.15) is 5.06 Å². The lowest BCUT2D eigenvalue weighted by molar-refractivity contribution is 0.159. The molecule has 1 radical (unpaired) electrons. The van der Waals surface area contributed by atoms with Gasteiger partial charge in [-0.3, -0.25) is 0 Å². The third-order valence-electron chi connectivity index (χ3n) is 0.963. The van der Waals surface area contributed by atoms with Gasteiger partial charge in [-0.15, -0.1) is 5.10 Å². The topological polar surface area (TPSA) is 63.8 Å². The smallest absolute Gasteiger partial charge is 0.277 e. The average Bonchev–Trinajstić information content (AvgIpc) is 2.59. The van der Waals surface area contributed by atoms with E-state index in [1.54, 1.807) is 0 Å². The number of nitrogens with zero attached hydrogens (tertiary/aromatic N) is 4. The zero-order valence-electron chi connectivity index (χ0n) is 4.89. The van der Waals surface area contributed by atoms with Gasteiger partial charge in [0, 0.05) is 5.27 Å². The van der Waals surface area contributed by atoms with Crippen LogP contribution in [0.25, 0.3) is 0 Å². The van der Waals surface area contributed by atoms with Crippen LogP contribution in [-0.2, 0) is 4.84 Å². The number of aliphatic imine (C=N–C) groups is 1. The Bertz CT molecular complexity index is 231. The molecule has 0 bridgehead atoms. The van der Waals surface area contributed by atoms with Gasteiger partial charge >= 0.3 is 0 Å². The second-order valence-corrected chi connectivity index (χ2v) is 1.57. The molecule has 0 saturated heterocycles. The molecule has 0 aliphatic carbocycles. The Morgan fingerprint density at radius 3 is 3.30 bits per heavy atom. The van der Waals surface area contributed by atoms with Crippen molar-refractivity contribution in [1.82, 2.24) is 10.4 Å². The minimum absolute atomic E-state index is 0.265. The van der Waals surface area contributed by atoms with Gasteiger partial charge in [0.1, 0.15) is 6.20 Å². The second-order valence-electron chi connectivity index (χ2n) is 1.57. The van der Waals surface area contributed by atoms with Crippen molar-refractivity contribution in [2.45, 2.75) is 0 Å². The average molecular weight is 139 g/mol. The highest BCUT2D eigenvalue weighted by molar-refractivity contribution is 5.74. The summed E-state index contributed by atoms with van der Waals surface area (Å²) < 4.78 is 4.63. The SMILES string of the molecule is [C]1=NCON1c1cnno1. The van der Waals surface area contributed by atoms with E-state index in [0.29, 0.717) is 5.88 Å². The highest BCUT2D eigenvalue weighted by Crippen LogP contribution is 2.11. The maximum Gasteiger partial charge on any atom is 0.277 e. The fourth-order valence-electron chi connectivity index (χ4n) is 0.573. The van der Waals surface area contributed by atoms with E-state index >= 15 is 0 Å². The summed E-state index contributed by atoms with van der Waals surface area (Å²) >= 11 is 0. The Hall–Kier alpha value is -1.43. The van der Waals surface area contributed by atoms with Crippen molar-refractivity contribution in [2.75, 3.05) is 11.8 Å². The number of hydroxylamine groups is 1. The van der Waals surface area contributed by atoms with Gasteiger partial charge in [-0.05, 0) is 0 Å². The lowest BCUT2D eigenvalue weighted by Gasteiger charge is -2.03. The quantitative estimate of drug-likeness (QED) is 0.533. The molecule has 0 unspecified atom stereocenters. The van der Waals surface area contributed by atoms with Crippen LogP contribution in [0.1, 0.15) is 0 Å². The Labute approximate surface area is 56.0 Å². The van der Waals surface area contributed by atoms with Crippen LogP contribution in [-0.4, -0.2) is 23.4 Å². The Morgan fingerprint density at radius 1 is 1.70 bits per heavy atom. The minimum atomic E-state index is 0.265. The fourth-order valence-corrected chi connectivity index (χ4v) is 0.573. The molecular weight excluding hydrogens is 136 g/mol. The van der Waals surface area contributed by atoms with Crippen molar-refractivity contribution < 1.29 is 9.36 Å². The molecule has 10 heavy (non-hydrogen) atoms. The van der Waals surface area contributed by atoms with Gasteiger partial charge in [0.15, 0.2) is 6.73 Å². The molecule has 0 aromatic carbocycles. The summed E-state index contributed by atoms with van der Waals surface area (Å²) in [5.41, 5.74) is 0. The molecule has 0 N–H and O–H groups in total. The van der Waals surface area contributed by atoms with Crippen LogP contribution in [0.15, 0.2) is 15.7 Å². The summed E-state index contributed by atoms with van der Waals surface area (Å²) in [6.07, 6.45) is 3.93. The van der Waals surface area contributed by atoms with Crippen molar-refractivity contribution in [3.05, 3.63) is 6.20 Å². The van der Waals surface area contributed by atoms with E-state index in [1.807, 2.05) is 0 Å². The monoisotopic (exact) mass is 139 g/mol. The fraction of sp³-hybridized carbons (Fsp3) is 0.250. The van der Waals surface area contributed by atoms with Crippen LogP contribution in [0.4, 0.5) is 5.88 Å². The zero-order valence-corrected chi connectivity index (χ0v) is 4.89. The predicted octanol–water partition coefficient (Wildman–Crippen LogP) is -0.316. The number of anilines is 1. The summed E-state index contributed by atoms with van der Waals surface area (Å²) in [5.74, 6) is 0.376. The minimum Gasteiger partial charge on any atom is -0.316 e. The lowest BCUT2D eigenvalue weighted by atomic mass is 10.8. The zero-order chi connectivity index (χ0) is 6.81. The first-order valence-electron chi connectivity index (χ1n) is 2.59. The molecule has 2 heterocycles. The van der Waals surface area contributed by atoms with E-state index in [2.05, 4.69) is 26.2 Å². The summed E-state index contributed by atoms with van der Waals surface area (Å²) in [6, 6.07) is 0. The van der Waals surface area contributed by atoms with Crippen molar-refractivity contribution in [1.29, 1.82) is 0 Å². The Morgan fingerprint density at radius 2 is 2.70 bits per heavy atom. The summed E-state index contributed by atoms with van der Waals surface area (Å²) in [7, 11) is 0. The van der Waals surface area contributed by atoms with Gasteiger partial charge in [0.05, 0.1) is 0 Å². The molecule has 2 rings (SSSR count). The van der Waals surface area contributed by atoms with E-state index in [1.165, 1.54) is 11.3 Å². The van der Waals surface area contributed by atoms with Gasteiger partial charge in [0.25, 0.3) is 5.88 Å². The van der Waals surface area contributed by atoms with E-state index in [9.17, 15) is 0 Å². The van der Waals surface area contributed by atoms with Crippen LogP contribution < -0.4 is 5.06 Å². The van der Waals surface area contributed by atoms with E-state index in [0.717, 1.165) is 0 Å². The van der Waals surface area contributed by atoms with E-state index in [4.69, 9.17) is 4.84 Å². The largest absolute Gasteiger partial charge is 0.316 e. The van der Waals surface area contributed by atoms with Crippen LogP contribution in [0.5, 0.6) is 0 Å².